The van der Waals surface area contributed by atoms with Crippen molar-refractivity contribution in [2.24, 2.45) is 0 Å². The van der Waals surface area contributed by atoms with Crippen LogP contribution in [0.5, 0.6) is 0 Å². The molecule has 1 aliphatic carbocycles. The summed E-state index contributed by atoms with van der Waals surface area (Å²) in [5.41, 5.74) is 5.06. The number of nitrogens with one attached hydrogen (secondary N) is 1. The molecule has 7 nitrogen and oxygen atoms in total. The van der Waals surface area contributed by atoms with Crippen LogP contribution in [0.25, 0.3) is 0 Å². The Hall–Kier alpha value is -2.35. The lowest BCUT2D eigenvalue weighted by Gasteiger charge is -2.29. The third-order valence-electron chi connectivity index (χ3n) is 3.39. The molecule has 0 spiro atoms. The molecule has 1 heterocycles. The van der Waals surface area contributed by atoms with Gasteiger partial charge >= 0.3 is 0 Å². The number of aryl methyl sites for hydroxylation is 1. The summed E-state index contributed by atoms with van der Waals surface area (Å²) < 4.78 is 28.0. The number of nitrogens with zero attached hydrogens (tertiary/aromatic N) is 2. The van der Waals surface area contributed by atoms with Crippen molar-refractivity contribution in [3.63, 3.8) is 0 Å². The molecule has 1 aromatic rings. The molecule has 1 N–H and O–H groups in total. The quantitative estimate of drug-likeness (QED) is 0.668. The van der Waals surface area contributed by atoms with Crippen LogP contribution in [0.15, 0.2) is 28.3 Å². The van der Waals surface area contributed by atoms with Gasteiger partial charge in [0.15, 0.2) is 0 Å². The second-order valence-corrected chi connectivity index (χ2v) is 5.99. The Labute approximate surface area is 129 Å². The van der Waals surface area contributed by atoms with Gasteiger partial charge in [0.2, 0.25) is 22.1 Å². The molecular weight excluding hydrogens is 306 g/mol. The zero-order valence-electron chi connectivity index (χ0n) is 12.7. The Bertz CT molecular complexity index is 794. The average molecular weight is 323 g/mol. The third-order valence-corrected chi connectivity index (χ3v) is 4.14. The molecule has 0 aliphatic heterocycles. The zero-order valence-corrected chi connectivity index (χ0v) is 13.6. The van der Waals surface area contributed by atoms with E-state index in [4.69, 9.17) is 4.52 Å². The van der Waals surface area contributed by atoms with E-state index in [0.717, 1.165) is 11.1 Å². The van der Waals surface area contributed by atoms with E-state index in [-0.39, 0.29) is 10.8 Å². The highest BCUT2D eigenvalue weighted by Gasteiger charge is 2.27. The lowest BCUT2D eigenvalue weighted by atomic mass is 10.0. The first-order chi connectivity index (χ1) is 10.3. The number of rotatable bonds is 3. The topological polar surface area (TPSA) is 92.5 Å². The molecule has 1 amide bonds. The molecule has 0 bridgehead atoms. The number of carbonyl (C=O) groups excluding carboxylic acids is 1. The molecule has 0 saturated heterocycles. The minimum atomic E-state index is -2.44. The summed E-state index contributed by atoms with van der Waals surface area (Å²) in [5, 5.41) is 5.01. The Morgan fingerprint density at radius 1 is 1.36 bits per heavy atom. The van der Waals surface area contributed by atoms with Crippen molar-refractivity contribution in [2.45, 2.75) is 33.7 Å². The van der Waals surface area contributed by atoms with Gasteiger partial charge in [-0.2, -0.15) is 8.42 Å². The fourth-order valence-electron chi connectivity index (χ4n) is 2.03. The third kappa shape index (κ3) is 3.11. The van der Waals surface area contributed by atoms with Crippen LogP contribution in [0, 0.1) is 13.8 Å². The maximum atomic E-state index is 11.9. The number of anilines is 1. The van der Waals surface area contributed by atoms with Gasteiger partial charge in [-0.05, 0) is 32.4 Å². The Morgan fingerprint density at radius 3 is 2.55 bits per heavy atom. The number of hydrazine groups is 1. The second kappa shape index (κ2) is 6.18. The standard InChI is InChI=1S/C14H17N3O4S/c1-8-5-6-12(13(7-8)22(19)20)17(11(4)18)15-14-9(2)10(3)16-21-14/h5-7,12,15H,1-4H3. The van der Waals surface area contributed by atoms with Crippen LogP contribution in [0.2, 0.25) is 0 Å². The van der Waals surface area contributed by atoms with E-state index in [2.05, 4.69) is 10.6 Å². The van der Waals surface area contributed by atoms with E-state index < -0.39 is 16.3 Å². The highest BCUT2D eigenvalue weighted by molar-refractivity contribution is 7.73. The van der Waals surface area contributed by atoms with Crippen LogP contribution in [0.4, 0.5) is 5.88 Å². The number of allylic oxidation sites excluding steroid dienone is 2. The van der Waals surface area contributed by atoms with Gasteiger partial charge in [-0.1, -0.05) is 17.3 Å². The van der Waals surface area contributed by atoms with Crippen molar-refractivity contribution >= 4 is 26.9 Å². The van der Waals surface area contributed by atoms with E-state index in [1.165, 1.54) is 18.0 Å². The van der Waals surface area contributed by atoms with Crippen molar-refractivity contribution in [1.82, 2.24) is 10.2 Å². The number of hydrogen-bond donors (Lipinski definition) is 1. The Kier molecular flexibility index (Phi) is 4.51. The summed E-state index contributed by atoms with van der Waals surface area (Å²) in [7, 11) is -2.44. The van der Waals surface area contributed by atoms with Crippen LogP contribution in [-0.2, 0) is 15.1 Å². The van der Waals surface area contributed by atoms with Gasteiger partial charge in [-0.15, -0.1) is 0 Å². The highest BCUT2D eigenvalue weighted by atomic mass is 32.2. The predicted octanol–water partition coefficient (Wildman–Crippen LogP) is 1.40. The SMILES string of the molecule is CC(=O)N(Nc1onc(C)c1C)C1C=CC(C)=CC1=S(=O)=O. The van der Waals surface area contributed by atoms with Crippen molar-refractivity contribution < 1.29 is 17.7 Å². The van der Waals surface area contributed by atoms with E-state index >= 15 is 0 Å². The molecular formula is C14H17N3O4S. The first-order valence-electron chi connectivity index (χ1n) is 6.63. The maximum Gasteiger partial charge on any atom is 0.246 e. The summed E-state index contributed by atoms with van der Waals surface area (Å²) in [5.74, 6) is -0.0394. The molecule has 22 heavy (non-hydrogen) atoms. The highest BCUT2D eigenvalue weighted by Crippen LogP contribution is 2.21. The van der Waals surface area contributed by atoms with Gasteiger partial charge in [0, 0.05) is 12.5 Å². The monoisotopic (exact) mass is 323 g/mol. The van der Waals surface area contributed by atoms with E-state index in [1.54, 1.807) is 32.9 Å². The van der Waals surface area contributed by atoms with Crippen LogP contribution in [-0.4, -0.2) is 35.4 Å². The fourth-order valence-corrected chi connectivity index (χ4v) is 2.69. The zero-order chi connectivity index (χ0) is 16.4. The molecule has 1 unspecified atom stereocenters. The summed E-state index contributed by atoms with van der Waals surface area (Å²) in [4.78, 5) is 12.1. The first-order valence-corrected chi connectivity index (χ1v) is 7.70. The summed E-state index contributed by atoms with van der Waals surface area (Å²) in [6, 6.07) is -0.746. The first kappa shape index (κ1) is 16.0. The minimum Gasteiger partial charge on any atom is -0.337 e. The second-order valence-electron chi connectivity index (χ2n) is 5.05. The van der Waals surface area contributed by atoms with Crippen LogP contribution in [0.3, 0.4) is 0 Å². The summed E-state index contributed by atoms with van der Waals surface area (Å²) in [6.45, 7) is 6.70. The van der Waals surface area contributed by atoms with E-state index in [9.17, 15) is 13.2 Å². The minimum absolute atomic E-state index is 0.108. The number of hydrogen-bond acceptors (Lipinski definition) is 6. The lowest BCUT2D eigenvalue weighted by Crippen LogP contribution is -2.47. The number of amides is 1. The normalized spacial score (nSPS) is 17.2. The Balaban J connectivity index is 2.41. The molecule has 8 heteroatoms. The van der Waals surface area contributed by atoms with Crippen molar-refractivity contribution in [3.05, 3.63) is 35.1 Å². The molecule has 1 aliphatic rings. The fraction of sp³-hybridized carbons (Fsp3) is 0.357. The van der Waals surface area contributed by atoms with Crippen molar-refractivity contribution in [3.8, 4) is 0 Å². The molecule has 1 aromatic heterocycles. The number of carbonyl (C=O) groups is 1. The summed E-state index contributed by atoms with van der Waals surface area (Å²) >= 11 is 0. The van der Waals surface area contributed by atoms with Gasteiger partial charge in [0.1, 0.15) is 10.9 Å². The molecule has 0 saturated carbocycles. The molecule has 118 valence electrons. The van der Waals surface area contributed by atoms with E-state index in [0.29, 0.717) is 11.6 Å². The van der Waals surface area contributed by atoms with Crippen molar-refractivity contribution in [2.75, 3.05) is 5.43 Å². The Morgan fingerprint density at radius 2 is 2.05 bits per heavy atom. The van der Waals surface area contributed by atoms with Gasteiger partial charge in [-0.3, -0.25) is 10.2 Å². The predicted molar refractivity (Wildman–Crippen MR) is 82.7 cm³/mol. The van der Waals surface area contributed by atoms with Gasteiger partial charge in [-0.25, -0.2) is 5.01 Å². The van der Waals surface area contributed by atoms with Crippen LogP contribution >= 0.6 is 0 Å². The lowest BCUT2D eigenvalue weighted by molar-refractivity contribution is -0.127. The van der Waals surface area contributed by atoms with Gasteiger partial charge in [0.25, 0.3) is 0 Å². The molecule has 0 aromatic carbocycles. The largest absolute Gasteiger partial charge is 0.337 e. The van der Waals surface area contributed by atoms with Crippen molar-refractivity contribution in [1.29, 1.82) is 0 Å². The average Bonchev–Trinajstić information content (AvgIpc) is 2.76. The molecule has 1 atom stereocenters. The summed E-state index contributed by atoms with van der Waals surface area (Å²) in [6.07, 6.45) is 4.94. The van der Waals surface area contributed by atoms with Crippen LogP contribution in [0.1, 0.15) is 25.1 Å². The maximum absolute atomic E-state index is 11.9. The molecule has 0 fully saturated rings. The smallest absolute Gasteiger partial charge is 0.246 e. The van der Waals surface area contributed by atoms with Gasteiger partial charge in [0.05, 0.1) is 5.69 Å². The molecule has 0 radical (unpaired) electrons. The number of aromatic nitrogens is 1. The van der Waals surface area contributed by atoms with Crippen LogP contribution < -0.4 is 5.43 Å². The van der Waals surface area contributed by atoms with E-state index in [1.807, 2.05) is 0 Å². The van der Waals surface area contributed by atoms with Gasteiger partial charge < -0.3 is 4.52 Å². The molecule has 2 rings (SSSR count).